The lowest BCUT2D eigenvalue weighted by Gasteiger charge is -2.14. The van der Waals surface area contributed by atoms with Gasteiger partial charge in [-0.25, -0.2) is 4.79 Å². The highest BCUT2D eigenvalue weighted by molar-refractivity contribution is 5.98. The SMILES string of the molecule is COc1ccc2oc(C(=O)NC(COCc3ccccc3C)C(=O)O)cc2c1. The van der Waals surface area contributed by atoms with Gasteiger partial charge in [-0.1, -0.05) is 24.3 Å². The first kappa shape index (κ1) is 19.4. The van der Waals surface area contributed by atoms with Crippen molar-refractivity contribution in [1.82, 2.24) is 5.32 Å². The molecule has 3 aromatic rings. The Morgan fingerprint density at radius 3 is 2.68 bits per heavy atom. The Kier molecular flexibility index (Phi) is 5.96. The average Bonchev–Trinajstić information content (AvgIpc) is 3.11. The van der Waals surface area contributed by atoms with Crippen LogP contribution in [0.4, 0.5) is 0 Å². The predicted octanol–water partition coefficient (Wildman–Crippen LogP) is 3.15. The molecule has 0 saturated carbocycles. The topological polar surface area (TPSA) is 98.0 Å². The number of carboxylic acid groups (broad SMARTS) is 1. The molecule has 7 nitrogen and oxygen atoms in total. The predicted molar refractivity (Wildman–Crippen MR) is 102 cm³/mol. The second kappa shape index (κ2) is 8.58. The fraction of sp³-hybridized carbons (Fsp3) is 0.238. The van der Waals surface area contributed by atoms with Gasteiger partial charge in [-0.3, -0.25) is 4.79 Å². The summed E-state index contributed by atoms with van der Waals surface area (Å²) in [4.78, 5) is 23.9. The van der Waals surface area contributed by atoms with E-state index in [4.69, 9.17) is 13.9 Å². The number of hydrogen-bond donors (Lipinski definition) is 2. The number of fused-ring (bicyclic) bond motifs is 1. The Balaban J connectivity index is 1.64. The molecule has 0 radical (unpaired) electrons. The van der Waals surface area contributed by atoms with Crippen molar-refractivity contribution in [3.8, 4) is 5.75 Å². The summed E-state index contributed by atoms with van der Waals surface area (Å²) in [6, 6.07) is 13.1. The van der Waals surface area contributed by atoms with E-state index in [9.17, 15) is 14.7 Å². The minimum absolute atomic E-state index is 0.0217. The lowest BCUT2D eigenvalue weighted by Crippen LogP contribution is -2.43. The van der Waals surface area contributed by atoms with E-state index in [0.29, 0.717) is 16.7 Å². The number of carbonyl (C=O) groups is 2. The zero-order valence-corrected chi connectivity index (χ0v) is 15.6. The molecule has 28 heavy (non-hydrogen) atoms. The summed E-state index contributed by atoms with van der Waals surface area (Å²) in [5, 5.41) is 12.5. The van der Waals surface area contributed by atoms with E-state index in [1.807, 2.05) is 31.2 Å². The molecule has 146 valence electrons. The zero-order chi connectivity index (χ0) is 20.1. The van der Waals surface area contributed by atoms with Crippen LogP contribution in [-0.2, 0) is 16.1 Å². The molecule has 0 spiro atoms. The number of aliphatic carboxylic acids is 1. The van der Waals surface area contributed by atoms with E-state index in [0.717, 1.165) is 11.1 Å². The maximum atomic E-state index is 12.4. The van der Waals surface area contributed by atoms with Gasteiger partial charge in [-0.05, 0) is 42.3 Å². The number of ether oxygens (including phenoxy) is 2. The van der Waals surface area contributed by atoms with Gasteiger partial charge in [0.2, 0.25) is 0 Å². The van der Waals surface area contributed by atoms with Gasteiger partial charge in [0.25, 0.3) is 5.91 Å². The van der Waals surface area contributed by atoms with Crippen molar-refractivity contribution in [2.24, 2.45) is 0 Å². The van der Waals surface area contributed by atoms with Crippen molar-refractivity contribution in [2.75, 3.05) is 13.7 Å². The van der Waals surface area contributed by atoms with E-state index >= 15 is 0 Å². The van der Waals surface area contributed by atoms with Crippen LogP contribution in [0.15, 0.2) is 52.9 Å². The van der Waals surface area contributed by atoms with Crippen LogP contribution in [0.2, 0.25) is 0 Å². The number of rotatable bonds is 8. The van der Waals surface area contributed by atoms with Gasteiger partial charge in [0.15, 0.2) is 11.8 Å². The minimum Gasteiger partial charge on any atom is -0.497 e. The van der Waals surface area contributed by atoms with Gasteiger partial charge < -0.3 is 24.3 Å². The largest absolute Gasteiger partial charge is 0.497 e. The van der Waals surface area contributed by atoms with Gasteiger partial charge in [-0.2, -0.15) is 0 Å². The Bertz CT molecular complexity index is 993. The molecule has 0 bridgehead atoms. The van der Waals surface area contributed by atoms with Gasteiger partial charge in [0.05, 0.1) is 20.3 Å². The second-order valence-electron chi connectivity index (χ2n) is 6.32. The molecule has 0 saturated heterocycles. The highest BCUT2D eigenvalue weighted by atomic mass is 16.5. The molecule has 1 heterocycles. The molecule has 1 amide bonds. The summed E-state index contributed by atoms with van der Waals surface area (Å²) >= 11 is 0. The van der Waals surface area contributed by atoms with Gasteiger partial charge in [0.1, 0.15) is 11.3 Å². The van der Waals surface area contributed by atoms with E-state index < -0.39 is 17.9 Å². The van der Waals surface area contributed by atoms with Gasteiger partial charge in [-0.15, -0.1) is 0 Å². The maximum Gasteiger partial charge on any atom is 0.328 e. The third kappa shape index (κ3) is 4.50. The van der Waals surface area contributed by atoms with Crippen LogP contribution in [0.25, 0.3) is 11.0 Å². The summed E-state index contributed by atoms with van der Waals surface area (Å²) in [6.45, 7) is 2.05. The number of carbonyl (C=O) groups excluding carboxylic acids is 1. The average molecular weight is 383 g/mol. The maximum absolute atomic E-state index is 12.4. The molecule has 1 atom stereocenters. The molecule has 7 heteroatoms. The van der Waals surface area contributed by atoms with Crippen molar-refractivity contribution in [3.63, 3.8) is 0 Å². The normalized spacial score (nSPS) is 11.9. The number of nitrogens with one attached hydrogen (secondary N) is 1. The summed E-state index contributed by atoms with van der Waals surface area (Å²) in [6.07, 6.45) is 0. The molecule has 0 fully saturated rings. The van der Waals surface area contributed by atoms with E-state index in [2.05, 4.69) is 5.32 Å². The van der Waals surface area contributed by atoms with Gasteiger partial charge >= 0.3 is 5.97 Å². The molecule has 1 unspecified atom stereocenters. The number of carboxylic acids is 1. The number of amides is 1. The van der Waals surface area contributed by atoms with Crippen LogP contribution >= 0.6 is 0 Å². The molecule has 2 aromatic carbocycles. The van der Waals surface area contributed by atoms with E-state index in [1.165, 1.54) is 0 Å². The first-order chi connectivity index (χ1) is 13.5. The fourth-order valence-electron chi connectivity index (χ4n) is 2.72. The third-order valence-electron chi connectivity index (χ3n) is 4.35. The Morgan fingerprint density at radius 2 is 1.96 bits per heavy atom. The van der Waals surface area contributed by atoms with E-state index in [-0.39, 0.29) is 19.0 Å². The van der Waals surface area contributed by atoms with Gasteiger partial charge in [0, 0.05) is 5.39 Å². The van der Waals surface area contributed by atoms with Crippen LogP contribution in [0.1, 0.15) is 21.7 Å². The third-order valence-corrected chi connectivity index (χ3v) is 4.35. The Hall–Kier alpha value is -3.32. The molecular formula is C21H21NO6. The summed E-state index contributed by atoms with van der Waals surface area (Å²) in [7, 11) is 1.54. The van der Waals surface area contributed by atoms with Crippen LogP contribution in [-0.4, -0.2) is 36.7 Å². The van der Waals surface area contributed by atoms with Crippen LogP contribution in [0, 0.1) is 6.92 Å². The summed E-state index contributed by atoms with van der Waals surface area (Å²) in [5.74, 6) is -1.15. The molecular weight excluding hydrogens is 362 g/mol. The minimum atomic E-state index is -1.20. The summed E-state index contributed by atoms with van der Waals surface area (Å²) < 4.78 is 16.1. The molecule has 1 aromatic heterocycles. The molecule has 0 aliphatic heterocycles. The smallest absolute Gasteiger partial charge is 0.328 e. The molecule has 0 aliphatic carbocycles. The van der Waals surface area contributed by atoms with Crippen molar-refractivity contribution in [3.05, 3.63) is 65.4 Å². The second-order valence-corrected chi connectivity index (χ2v) is 6.32. The van der Waals surface area contributed by atoms with Crippen LogP contribution in [0.5, 0.6) is 5.75 Å². The zero-order valence-electron chi connectivity index (χ0n) is 15.6. The molecule has 3 rings (SSSR count). The quantitative estimate of drug-likeness (QED) is 0.620. The van der Waals surface area contributed by atoms with E-state index in [1.54, 1.807) is 31.4 Å². The number of hydrogen-bond acceptors (Lipinski definition) is 5. The highest BCUT2D eigenvalue weighted by Gasteiger charge is 2.23. The fourth-order valence-corrected chi connectivity index (χ4v) is 2.72. The Morgan fingerprint density at radius 1 is 1.18 bits per heavy atom. The monoisotopic (exact) mass is 383 g/mol. The lowest BCUT2D eigenvalue weighted by molar-refractivity contribution is -0.141. The molecule has 0 aliphatic rings. The summed E-state index contributed by atoms with van der Waals surface area (Å²) in [5.41, 5.74) is 2.52. The first-order valence-corrected chi connectivity index (χ1v) is 8.71. The highest BCUT2D eigenvalue weighted by Crippen LogP contribution is 2.24. The van der Waals surface area contributed by atoms with Crippen LogP contribution < -0.4 is 10.1 Å². The van der Waals surface area contributed by atoms with Crippen molar-refractivity contribution in [1.29, 1.82) is 0 Å². The van der Waals surface area contributed by atoms with Crippen molar-refractivity contribution < 1.29 is 28.6 Å². The Labute approximate surface area is 161 Å². The van der Waals surface area contributed by atoms with Crippen LogP contribution in [0.3, 0.4) is 0 Å². The number of furan rings is 1. The van der Waals surface area contributed by atoms with Crippen molar-refractivity contribution >= 4 is 22.8 Å². The van der Waals surface area contributed by atoms with Crippen molar-refractivity contribution in [2.45, 2.75) is 19.6 Å². The molecule has 2 N–H and O–H groups in total. The number of benzene rings is 2. The number of methoxy groups -OCH3 is 1. The standard InChI is InChI=1S/C21H21NO6/c1-13-5-3-4-6-14(13)11-27-12-17(21(24)25)22-20(23)19-10-15-9-16(26-2)7-8-18(15)28-19/h3-10,17H,11-12H2,1-2H3,(H,22,23)(H,24,25). The number of aryl methyl sites for hydroxylation is 1. The lowest BCUT2D eigenvalue weighted by atomic mass is 10.1. The first-order valence-electron chi connectivity index (χ1n) is 8.71.